The largest absolute Gasteiger partial charge is 0.350 e. The molecule has 0 atom stereocenters. The number of thioether (sulfide) groups is 1. The number of aromatic nitrogens is 2. The number of carbonyl (C=O) groups is 2. The zero-order valence-corrected chi connectivity index (χ0v) is 16.4. The molecular formula is C19H17FN4O2S2. The van der Waals surface area contributed by atoms with Crippen LogP contribution >= 0.6 is 23.1 Å². The van der Waals surface area contributed by atoms with Crippen molar-refractivity contribution < 1.29 is 14.0 Å². The molecule has 4 rings (SSSR count). The molecule has 28 heavy (non-hydrogen) atoms. The number of rotatable bonds is 6. The van der Waals surface area contributed by atoms with Crippen LogP contribution in [-0.4, -0.2) is 21.6 Å². The second kappa shape index (κ2) is 8.15. The molecule has 0 unspecified atom stereocenters. The van der Waals surface area contributed by atoms with Crippen LogP contribution in [0.5, 0.6) is 0 Å². The highest BCUT2D eigenvalue weighted by Crippen LogP contribution is 2.35. The molecule has 1 aliphatic heterocycles. The molecule has 2 N–H and O–H groups in total. The molecule has 9 heteroatoms. The van der Waals surface area contributed by atoms with Crippen LogP contribution in [0.2, 0.25) is 0 Å². The molecule has 3 aromatic rings. The van der Waals surface area contributed by atoms with Crippen molar-refractivity contribution in [1.29, 1.82) is 0 Å². The Labute approximate surface area is 169 Å². The Bertz CT molecular complexity index is 1000. The van der Waals surface area contributed by atoms with Crippen molar-refractivity contribution in [1.82, 2.24) is 15.1 Å². The van der Waals surface area contributed by atoms with Gasteiger partial charge < -0.3 is 10.6 Å². The van der Waals surface area contributed by atoms with Gasteiger partial charge in [0.25, 0.3) is 5.91 Å². The lowest BCUT2D eigenvalue weighted by atomic mass is 10.2. The minimum atomic E-state index is -0.315. The average Bonchev–Trinajstić information content (AvgIpc) is 3.41. The molecule has 0 bridgehead atoms. The third-order valence-corrected chi connectivity index (χ3v) is 6.13. The van der Waals surface area contributed by atoms with Crippen molar-refractivity contribution in [3.05, 3.63) is 69.3 Å². The Morgan fingerprint density at radius 2 is 2.00 bits per heavy atom. The van der Waals surface area contributed by atoms with Gasteiger partial charge in [0.2, 0.25) is 5.91 Å². The Balaban J connectivity index is 1.45. The number of amides is 2. The van der Waals surface area contributed by atoms with E-state index in [2.05, 4.69) is 15.7 Å². The van der Waals surface area contributed by atoms with Crippen molar-refractivity contribution >= 4 is 40.7 Å². The Morgan fingerprint density at radius 3 is 2.75 bits per heavy atom. The van der Waals surface area contributed by atoms with E-state index in [1.807, 2.05) is 11.4 Å². The summed E-state index contributed by atoms with van der Waals surface area (Å²) in [6.45, 7) is 0.297. The highest BCUT2D eigenvalue weighted by molar-refractivity contribution is 7.98. The van der Waals surface area contributed by atoms with Crippen molar-refractivity contribution in [2.45, 2.75) is 24.6 Å². The van der Waals surface area contributed by atoms with E-state index in [1.165, 1.54) is 23.5 Å². The first-order valence-electron chi connectivity index (χ1n) is 8.62. The Kier molecular flexibility index (Phi) is 5.45. The van der Waals surface area contributed by atoms with Crippen molar-refractivity contribution in [2.24, 2.45) is 0 Å². The number of halogens is 1. The van der Waals surface area contributed by atoms with Crippen LogP contribution < -0.4 is 10.6 Å². The van der Waals surface area contributed by atoms with Gasteiger partial charge in [-0.3, -0.25) is 9.59 Å². The zero-order valence-electron chi connectivity index (χ0n) is 14.8. The lowest BCUT2D eigenvalue weighted by Crippen LogP contribution is -2.28. The SMILES string of the molecule is O=C(Cn1nc2c(c1NC(=O)c1cccs1)CSC2)NCc1ccc(F)cc1. The molecule has 6 nitrogen and oxygen atoms in total. The van der Waals surface area contributed by atoms with E-state index in [0.29, 0.717) is 17.2 Å². The summed E-state index contributed by atoms with van der Waals surface area (Å²) < 4.78 is 14.5. The predicted molar refractivity (Wildman–Crippen MR) is 108 cm³/mol. The van der Waals surface area contributed by atoms with E-state index in [-0.39, 0.29) is 24.2 Å². The lowest BCUT2D eigenvalue weighted by Gasteiger charge is -2.11. The normalized spacial score (nSPS) is 12.6. The maximum Gasteiger partial charge on any atom is 0.266 e. The standard InChI is InChI=1S/C19H17FN4O2S2/c20-13-5-3-12(4-6-13)8-21-17(25)9-24-18(14-10-27-11-15(14)23-24)22-19(26)16-2-1-7-28-16/h1-7H,8-11H2,(H,21,25)(H,22,26). The van der Waals surface area contributed by atoms with Gasteiger partial charge >= 0.3 is 0 Å². The van der Waals surface area contributed by atoms with Gasteiger partial charge in [-0.1, -0.05) is 18.2 Å². The number of carbonyl (C=O) groups excluding carboxylic acids is 2. The van der Waals surface area contributed by atoms with Crippen LogP contribution in [0, 0.1) is 5.82 Å². The second-order valence-electron chi connectivity index (χ2n) is 6.26. The van der Waals surface area contributed by atoms with Crippen molar-refractivity contribution in [3.63, 3.8) is 0 Å². The lowest BCUT2D eigenvalue weighted by molar-refractivity contribution is -0.122. The maximum absolute atomic E-state index is 13.0. The molecule has 0 aliphatic carbocycles. The van der Waals surface area contributed by atoms with Crippen molar-refractivity contribution in [2.75, 3.05) is 5.32 Å². The van der Waals surface area contributed by atoms with E-state index in [1.54, 1.807) is 34.6 Å². The van der Waals surface area contributed by atoms with Gasteiger partial charge in [0.1, 0.15) is 18.2 Å². The number of anilines is 1. The highest BCUT2D eigenvalue weighted by Gasteiger charge is 2.25. The zero-order chi connectivity index (χ0) is 19.5. The summed E-state index contributed by atoms with van der Waals surface area (Å²) in [6.07, 6.45) is 0. The molecule has 2 aromatic heterocycles. The van der Waals surface area contributed by atoms with Crippen LogP contribution in [0.3, 0.4) is 0 Å². The summed E-state index contributed by atoms with van der Waals surface area (Å²) in [7, 11) is 0. The van der Waals surface area contributed by atoms with Gasteiger partial charge in [0.15, 0.2) is 0 Å². The fourth-order valence-electron chi connectivity index (χ4n) is 2.89. The third-order valence-electron chi connectivity index (χ3n) is 4.29. The molecule has 1 aliphatic rings. The number of hydrogen-bond donors (Lipinski definition) is 2. The quantitative estimate of drug-likeness (QED) is 0.646. The highest BCUT2D eigenvalue weighted by atomic mass is 32.2. The Hall–Kier alpha value is -2.65. The third kappa shape index (κ3) is 4.10. The van der Waals surface area contributed by atoms with Gasteiger partial charge in [0, 0.05) is 23.6 Å². The first-order chi connectivity index (χ1) is 13.6. The molecule has 144 valence electrons. The molecule has 0 spiro atoms. The van der Waals surface area contributed by atoms with Crippen LogP contribution in [0.4, 0.5) is 10.2 Å². The Morgan fingerprint density at radius 1 is 1.18 bits per heavy atom. The summed E-state index contributed by atoms with van der Waals surface area (Å²) in [5.41, 5.74) is 2.68. The van der Waals surface area contributed by atoms with Gasteiger partial charge in [0.05, 0.1) is 10.6 Å². The van der Waals surface area contributed by atoms with E-state index in [9.17, 15) is 14.0 Å². The van der Waals surface area contributed by atoms with E-state index in [0.717, 1.165) is 28.3 Å². The topological polar surface area (TPSA) is 76.0 Å². The van der Waals surface area contributed by atoms with Gasteiger partial charge in [-0.05, 0) is 29.1 Å². The number of fused-ring (bicyclic) bond motifs is 1. The van der Waals surface area contributed by atoms with Crippen LogP contribution in [0.15, 0.2) is 41.8 Å². The van der Waals surface area contributed by atoms with Crippen LogP contribution in [0.25, 0.3) is 0 Å². The fraction of sp³-hybridized carbons (Fsp3) is 0.211. The van der Waals surface area contributed by atoms with Gasteiger partial charge in [-0.25, -0.2) is 9.07 Å². The molecule has 0 fully saturated rings. The summed E-state index contributed by atoms with van der Waals surface area (Å²) in [5.74, 6) is 1.35. The number of benzene rings is 1. The molecule has 0 saturated carbocycles. The fourth-order valence-corrected chi connectivity index (χ4v) is 4.55. The minimum absolute atomic E-state index is 0.00108. The molecule has 3 heterocycles. The minimum Gasteiger partial charge on any atom is -0.350 e. The van der Waals surface area contributed by atoms with Crippen molar-refractivity contribution in [3.8, 4) is 0 Å². The first-order valence-corrected chi connectivity index (χ1v) is 10.7. The monoisotopic (exact) mass is 416 g/mol. The molecule has 0 saturated heterocycles. The average molecular weight is 417 g/mol. The summed E-state index contributed by atoms with van der Waals surface area (Å²) in [4.78, 5) is 25.5. The van der Waals surface area contributed by atoms with Crippen LogP contribution in [0.1, 0.15) is 26.5 Å². The number of thiophene rings is 1. The predicted octanol–water partition coefficient (Wildman–Crippen LogP) is 3.40. The van der Waals surface area contributed by atoms with E-state index >= 15 is 0 Å². The van der Waals surface area contributed by atoms with Crippen LogP contribution in [-0.2, 0) is 29.4 Å². The molecule has 0 radical (unpaired) electrons. The second-order valence-corrected chi connectivity index (χ2v) is 8.19. The summed E-state index contributed by atoms with van der Waals surface area (Å²) in [5, 5.41) is 12.1. The molecule has 2 amide bonds. The van der Waals surface area contributed by atoms with Gasteiger partial charge in [-0.2, -0.15) is 16.9 Å². The summed E-state index contributed by atoms with van der Waals surface area (Å²) >= 11 is 3.09. The van der Waals surface area contributed by atoms with Gasteiger partial charge in [-0.15, -0.1) is 11.3 Å². The molecule has 1 aromatic carbocycles. The van der Waals surface area contributed by atoms with E-state index in [4.69, 9.17) is 0 Å². The van der Waals surface area contributed by atoms with E-state index < -0.39 is 0 Å². The molecular weight excluding hydrogens is 399 g/mol. The number of nitrogens with zero attached hydrogens (tertiary/aromatic N) is 2. The number of hydrogen-bond acceptors (Lipinski definition) is 5. The number of nitrogens with one attached hydrogen (secondary N) is 2. The smallest absolute Gasteiger partial charge is 0.266 e. The summed E-state index contributed by atoms with van der Waals surface area (Å²) in [6, 6.07) is 9.54. The maximum atomic E-state index is 13.0. The first kappa shape index (κ1) is 18.7.